The molecule has 0 unspecified atom stereocenters. The van der Waals surface area contributed by atoms with Crippen LogP contribution in [0.4, 0.5) is 5.82 Å². The number of carbonyl (C=O) groups excluding carboxylic acids is 1. The van der Waals surface area contributed by atoms with Crippen molar-refractivity contribution in [2.45, 2.75) is 33.4 Å². The van der Waals surface area contributed by atoms with E-state index in [1.807, 2.05) is 20.8 Å². The van der Waals surface area contributed by atoms with Crippen molar-refractivity contribution < 1.29 is 28.6 Å². The molecular formula is C21H24N3O6P. The summed E-state index contributed by atoms with van der Waals surface area (Å²) in [6.45, 7) is 6.37. The second-order valence-electron chi connectivity index (χ2n) is 7.01. The van der Waals surface area contributed by atoms with Crippen LogP contribution in [0.25, 0.3) is 0 Å². The van der Waals surface area contributed by atoms with Gasteiger partial charge >= 0.3 is 7.60 Å². The molecule has 31 heavy (non-hydrogen) atoms. The van der Waals surface area contributed by atoms with E-state index in [1.54, 1.807) is 35.1 Å². The Morgan fingerprint density at radius 2 is 1.77 bits per heavy atom. The average molecular weight is 445 g/mol. The zero-order chi connectivity index (χ0) is 22.6. The van der Waals surface area contributed by atoms with Crippen LogP contribution in [0.3, 0.4) is 0 Å². The van der Waals surface area contributed by atoms with Gasteiger partial charge in [0.05, 0.1) is 11.4 Å². The molecule has 0 saturated heterocycles. The van der Waals surface area contributed by atoms with E-state index in [1.165, 1.54) is 24.3 Å². The molecule has 0 aliphatic carbocycles. The molecule has 10 heteroatoms. The Balaban J connectivity index is 1.85. The van der Waals surface area contributed by atoms with Gasteiger partial charge < -0.3 is 24.6 Å². The third-order valence-corrected chi connectivity index (χ3v) is 5.10. The van der Waals surface area contributed by atoms with Gasteiger partial charge in [0.2, 0.25) is 0 Å². The van der Waals surface area contributed by atoms with E-state index in [9.17, 15) is 19.1 Å². The Hall–Kier alpha value is -3.13. The van der Waals surface area contributed by atoms with Gasteiger partial charge in [0.25, 0.3) is 5.91 Å². The summed E-state index contributed by atoms with van der Waals surface area (Å²) in [5.74, 6) is 1.19. The zero-order valence-corrected chi connectivity index (χ0v) is 18.2. The number of aryl methyl sites for hydroxylation is 1. The molecule has 0 atom stereocenters. The highest BCUT2D eigenvalue weighted by molar-refractivity contribution is 7.60. The number of amides is 1. The monoisotopic (exact) mass is 445 g/mol. The summed E-state index contributed by atoms with van der Waals surface area (Å²) in [5.41, 5.74) is 0.311. The van der Waals surface area contributed by atoms with Crippen LogP contribution >= 0.6 is 7.60 Å². The smallest absolute Gasteiger partial charge is 0.356 e. The van der Waals surface area contributed by atoms with Crippen molar-refractivity contribution in [1.82, 2.24) is 9.78 Å². The molecule has 0 radical (unpaired) electrons. The number of anilines is 1. The van der Waals surface area contributed by atoms with E-state index < -0.39 is 7.60 Å². The van der Waals surface area contributed by atoms with Gasteiger partial charge in [-0.2, -0.15) is 5.10 Å². The molecule has 2 aromatic carbocycles. The number of ether oxygens (including phenoxy) is 2. The molecule has 0 aliphatic rings. The van der Waals surface area contributed by atoms with E-state index in [0.29, 0.717) is 35.2 Å². The van der Waals surface area contributed by atoms with E-state index in [0.717, 1.165) is 0 Å². The number of benzene rings is 2. The van der Waals surface area contributed by atoms with Gasteiger partial charge in [0, 0.05) is 30.4 Å². The molecule has 3 rings (SSSR count). The molecule has 3 aromatic rings. The fraction of sp³-hybridized carbons (Fsp3) is 0.238. The lowest BCUT2D eigenvalue weighted by Gasteiger charge is -2.14. The quantitative estimate of drug-likeness (QED) is 0.453. The summed E-state index contributed by atoms with van der Waals surface area (Å²) in [6, 6.07) is 12.0. The lowest BCUT2D eigenvalue weighted by Crippen LogP contribution is -2.14. The second kappa shape index (κ2) is 9.34. The van der Waals surface area contributed by atoms with Gasteiger partial charge in [-0.3, -0.25) is 14.0 Å². The minimum atomic E-state index is -4.34. The number of aromatic nitrogens is 2. The number of rotatable bonds is 8. The van der Waals surface area contributed by atoms with E-state index in [4.69, 9.17) is 9.47 Å². The maximum Gasteiger partial charge on any atom is 0.356 e. The highest BCUT2D eigenvalue weighted by atomic mass is 31.2. The molecular weight excluding hydrogens is 421 g/mol. The van der Waals surface area contributed by atoms with E-state index >= 15 is 0 Å². The molecule has 0 fully saturated rings. The lowest BCUT2D eigenvalue weighted by atomic mass is 10.2. The van der Waals surface area contributed by atoms with Gasteiger partial charge in [0.15, 0.2) is 5.82 Å². The first-order chi connectivity index (χ1) is 14.6. The predicted molar refractivity (Wildman–Crippen MR) is 116 cm³/mol. The Kier molecular flexibility index (Phi) is 6.80. The van der Waals surface area contributed by atoms with Crippen molar-refractivity contribution in [2.24, 2.45) is 0 Å². The lowest BCUT2D eigenvalue weighted by molar-refractivity contribution is 0.102. The Bertz CT molecular complexity index is 1100. The summed E-state index contributed by atoms with van der Waals surface area (Å²) in [6.07, 6.45) is 1.65. The van der Waals surface area contributed by atoms with Gasteiger partial charge in [-0.25, -0.2) is 0 Å². The highest BCUT2D eigenvalue weighted by Crippen LogP contribution is 2.34. The Labute approximate surface area is 179 Å². The number of nitrogens with one attached hydrogen (secondary N) is 1. The van der Waals surface area contributed by atoms with Crippen LogP contribution in [0.15, 0.2) is 54.7 Å². The molecule has 0 bridgehead atoms. The normalized spacial score (nSPS) is 11.4. The number of nitrogens with zero attached hydrogens (tertiary/aromatic N) is 2. The van der Waals surface area contributed by atoms with Gasteiger partial charge in [-0.05, 0) is 57.2 Å². The van der Waals surface area contributed by atoms with Crippen molar-refractivity contribution in [2.75, 3.05) is 5.32 Å². The fourth-order valence-electron chi connectivity index (χ4n) is 2.74. The van der Waals surface area contributed by atoms with Crippen molar-refractivity contribution in [1.29, 1.82) is 0 Å². The van der Waals surface area contributed by atoms with Crippen molar-refractivity contribution >= 4 is 24.6 Å². The first kappa shape index (κ1) is 22.6. The minimum Gasteiger partial charge on any atom is -0.491 e. The third-order valence-electron chi connectivity index (χ3n) is 4.13. The standard InChI is InChI=1S/C21H24N3O6P/c1-4-24-10-9-20(23-24)22-21(25)15-11-17(29-14(2)3)13-18(12-15)30-16-5-7-19(8-6-16)31(26,27)28/h5-14H,4H2,1-3H3,(H,22,23,25)(H2,26,27,28). The SMILES string of the molecule is CCn1ccc(NC(=O)c2cc(Oc3ccc(P(=O)(O)O)cc3)cc(OC(C)C)c2)n1. The molecule has 3 N–H and O–H groups in total. The summed E-state index contributed by atoms with van der Waals surface area (Å²) < 4.78 is 24.6. The number of carbonyl (C=O) groups is 1. The minimum absolute atomic E-state index is 0.108. The van der Waals surface area contributed by atoms with Crippen LogP contribution in [-0.2, 0) is 11.1 Å². The molecule has 1 heterocycles. The number of hydrogen-bond donors (Lipinski definition) is 3. The largest absolute Gasteiger partial charge is 0.491 e. The Morgan fingerprint density at radius 1 is 1.10 bits per heavy atom. The van der Waals surface area contributed by atoms with E-state index in [-0.39, 0.29) is 17.3 Å². The first-order valence-electron chi connectivity index (χ1n) is 9.64. The molecule has 1 aromatic heterocycles. The van der Waals surface area contributed by atoms with Crippen LogP contribution in [-0.4, -0.2) is 31.6 Å². The maximum atomic E-state index is 12.8. The van der Waals surface area contributed by atoms with Crippen LogP contribution in [0, 0.1) is 0 Å². The molecule has 0 aliphatic heterocycles. The van der Waals surface area contributed by atoms with Crippen LogP contribution in [0.2, 0.25) is 0 Å². The van der Waals surface area contributed by atoms with Gasteiger partial charge in [-0.1, -0.05) is 0 Å². The average Bonchev–Trinajstić information content (AvgIpc) is 3.14. The molecule has 0 saturated carbocycles. The molecule has 0 spiro atoms. The van der Waals surface area contributed by atoms with E-state index in [2.05, 4.69) is 10.4 Å². The molecule has 1 amide bonds. The summed E-state index contributed by atoms with van der Waals surface area (Å²) in [7, 11) is -4.34. The van der Waals surface area contributed by atoms with Crippen molar-refractivity contribution in [3.05, 3.63) is 60.3 Å². The van der Waals surface area contributed by atoms with Gasteiger partial charge in [-0.15, -0.1) is 0 Å². The third kappa shape index (κ3) is 6.18. The second-order valence-corrected chi connectivity index (χ2v) is 8.61. The Morgan fingerprint density at radius 3 is 2.35 bits per heavy atom. The van der Waals surface area contributed by atoms with Crippen LogP contribution in [0.5, 0.6) is 17.2 Å². The van der Waals surface area contributed by atoms with Crippen LogP contribution < -0.4 is 20.1 Å². The fourth-order valence-corrected chi connectivity index (χ4v) is 3.28. The maximum absolute atomic E-state index is 12.8. The topological polar surface area (TPSA) is 123 Å². The summed E-state index contributed by atoms with van der Waals surface area (Å²) in [4.78, 5) is 31.2. The summed E-state index contributed by atoms with van der Waals surface area (Å²) >= 11 is 0. The van der Waals surface area contributed by atoms with Crippen molar-refractivity contribution in [3.63, 3.8) is 0 Å². The zero-order valence-electron chi connectivity index (χ0n) is 17.3. The first-order valence-corrected chi connectivity index (χ1v) is 11.3. The van der Waals surface area contributed by atoms with Crippen molar-refractivity contribution in [3.8, 4) is 17.2 Å². The summed E-state index contributed by atoms with van der Waals surface area (Å²) in [5, 5.41) is 6.87. The van der Waals surface area contributed by atoms with Gasteiger partial charge in [0.1, 0.15) is 17.2 Å². The van der Waals surface area contributed by atoms with Crippen LogP contribution in [0.1, 0.15) is 31.1 Å². The molecule has 9 nitrogen and oxygen atoms in total. The highest BCUT2D eigenvalue weighted by Gasteiger charge is 2.17. The predicted octanol–water partition coefficient (Wildman–Crippen LogP) is 3.54. The molecule has 164 valence electrons. The number of hydrogen-bond acceptors (Lipinski definition) is 5.